The Balaban J connectivity index is 1.35. The third-order valence-corrected chi connectivity index (χ3v) is 5.92. The van der Waals surface area contributed by atoms with Crippen LogP contribution in [0, 0.1) is 0 Å². The van der Waals surface area contributed by atoms with Crippen molar-refractivity contribution in [2.24, 2.45) is 0 Å². The van der Waals surface area contributed by atoms with Crippen molar-refractivity contribution in [2.75, 3.05) is 44.8 Å². The van der Waals surface area contributed by atoms with Crippen molar-refractivity contribution >= 4 is 11.6 Å². The van der Waals surface area contributed by atoms with Crippen LogP contribution in [0.4, 0.5) is 5.69 Å². The van der Waals surface area contributed by atoms with E-state index in [1.807, 2.05) is 60.4 Å². The van der Waals surface area contributed by atoms with Gasteiger partial charge in [0.25, 0.3) is 5.56 Å². The number of aromatic nitrogens is 2. The summed E-state index contributed by atoms with van der Waals surface area (Å²) in [5, 5.41) is 4.48. The summed E-state index contributed by atoms with van der Waals surface area (Å²) in [6.07, 6.45) is 0.230. The van der Waals surface area contributed by atoms with Crippen LogP contribution in [-0.2, 0) is 11.3 Å². The molecular weight excluding hydrogens is 432 g/mol. The van der Waals surface area contributed by atoms with E-state index in [2.05, 4.69) is 10.00 Å². The topological polar surface area (TPSA) is 76.9 Å². The van der Waals surface area contributed by atoms with Gasteiger partial charge in [-0.2, -0.15) is 5.10 Å². The van der Waals surface area contributed by atoms with E-state index in [-0.39, 0.29) is 24.4 Å². The third kappa shape index (κ3) is 5.39. The number of methoxy groups -OCH3 is 1. The molecule has 0 unspecified atom stereocenters. The summed E-state index contributed by atoms with van der Waals surface area (Å²) in [5.41, 5.74) is 2.39. The second-order valence-corrected chi connectivity index (χ2v) is 8.03. The molecule has 1 amide bonds. The number of carbonyl (C=O) groups is 1. The highest BCUT2D eigenvalue weighted by atomic mass is 16.5. The smallest absolute Gasteiger partial charge is 0.266 e. The highest BCUT2D eigenvalue weighted by Gasteiger charge is 2.22. The molecule has 3 aromatic rings. The van der Waals surface area contributed by atoms with Crippen molar-refractivity contribution in [3.05, 3.63) is 71.0 Å². The van der Waals surface area contributed by atoms with Crippen molar-refractivity contribution < 1.29 is 14.3 Å². The summed E-state index contributed by atoms with van der Waals surface area (Å²) in [6, 6.07) is 18.7. The minimum Gasteiger partial charge on any atom is -0.495 e. The largest absolute Gasteiger partial charge is 0.495 e. The molecule has 0 N–H and O–H groups in total. The Labute approximate surface area is 199 Å². The summed E-state index contributed by atoms with van der Waals surface area (Å²) >= 11 is 0. The number of para-hydroxylation sites is 2. The lowest BCUT2D eigenvalue weighted by Gasteiger charge is -2.36. The van der Waals surface area contributed by atoms with E-state index >= 15 is 0 Å². The number of aryl methyl sites for hydroxylation is 1. The molecule has 4 rings (SSSR count). The molecule has 1 aromatic heterocycles. The van der Waals surface area contributed by atoms with Gasteiger partial charge in [-0.1, -0.05) is 12.1 Å². The first kappa shape index (κ1) is 23.4. The molecule has 1 aliphatic rings. The number of piperazine rings is 1. The normalized spacial score (nSPS) is 13.6. The monoisotopic (exact) mass is 462 g/mol. The fraction of sp³-hybridized carbons (Fsp3) is 0.346. The number of hydrogen-bond acceptors (Lipinski definition) is 6. The number of benzene rings is 2. The van der Waals surface area contributed by atoms with Gasteiger partial charge in [-0.05, 0) is 49.4 Å². The summed E-state index contributed by atoms with van der Waals surface area (Å²) in [7, 11) is 1.67. The zero-order valence-electron chi connectivity index (χ0n) is 19.6. The Kier molecular flexibility index (Phi) is 7.47. The van der Waals surface area contributed by atoms with Crippen LogP contribution in [0.1, 0.15) is 13.3 Å². The zero-order chi connectivity index (χ0) is 23.9. The van der Waals surface area contributed by atoms with Crippen LogP contribution >= 0.6 is 0 Å². The van der Waals surface area contributed by atoms with Gasteiger partial charge in [-0.15, -0.1) is 0 Å². The van der Waals surface area contributed by atoms with E-state index in [1.165, 1.54) is 10.7 Å². The maximum absolute atomic E-state index is 12.8. The van der Waals surface area contributed by atoms with Gasteiger partial charge in [0.2, 0.25) is 5.91 Å². The van der Waals surface area contributed by atoms with Crippen molar-refractivity contribution in [2.45, 2.75) is 19.9 Å². The third-order valence-electron chi connectivity index (χ3n) is 5.92. The molecule has 0 atom stereocenters. The maximum Gasteiger partial charge on any atom is 0.266 e. The Bertz CT molecular complexity index is 1170. The second kappa shape index (κ2) is 10.9. The first-order valence-corrected chi connectivity index (χ1v) is 11.6. The molecule has 0 spiro atoms. The number of carbonyl (C=O) groups excluding carboxylic acids is 1. The molecule has 178 valence electrons. The van der Waals surface area contributed by atoms with E-state index in [0.29, 0.717) is 25.4 Å². The van der Waals surface area contributed by atoms with E-state index in [0.717, 1.165) is 35.8 Å². The van der Waals surface area contributed by atoms with Crippen molar-refractivity contribution in [3.63, 3.8) is 0 Å². The first-order chi connectivity index (χ1) is 16.6. The Morgan fingerprint density at radius 3 is 2.41 bits per heavy atom. The van der Waals surface area contributed by atoms with Crippen LogP contribution in [0.5, 0.6) is 11.5 Å². The van der Waals surface area contributed by atoms with Gasteiger partial charge in [0.1, 0.15) is 11.5 Å². The molecule has 8 heteroatoms. The predicted octanol–water partition coefficient (Wildman–Crippen LogP) is 3.06. The molecule has 2 heterocycles. The highest BCUT2D eigenvalue weighted by molar-refractivity contribution is 5.76. The lowest BCUT2D eigenvalue weighted by atomic mass is 10.1. The zero-order valence-corrected chi connectivity index (χ0v) is 19.6. The molecular formula is C26H30N4O4. The SMILES string of the molecule is CCOc1ccc(-c2ccc(=O)n(CCC(=O)N3CCN(c4ccccc4OC)CC3)n2)cc1. The Morgan fingerprint density at radius 1 is 0.971 bits per heavy atom. The first-order valence-electron chi connectivity index (χ1n) is 11.6. The second-order valence-electron chi connectivity index (χ2n) is 8.03. The molecule has 0 radical (unpaired) electrons. The summed E-state index contributed by atoms with van der Waals surface area (Å²) in [6.45, 7) is 5.51. The van der Waals surface area contributed by atoms with E-state index in [9.17, 15) is 9.59 Å². The van der Waals surface area contributed by atoms with Crippen molar-refractivity contribution in [3.8, 4) is 22.8 Å². The van der Waals surface area contributed by atoms with E-state index in [4.69, 9.17) is 9.47 Å². The Morgan fingerprint density at radius 2 is 1.71 bits per heavy atom. The minimum absolute atomic E-state index is 0.0276. The number of amides is 1. The average molecular weight is 463 g/mol. The lowest BCUT2D eigenvalue weighted by Crippen LogP contribution is -2.49. The molecule has 1 aliphatic heterocycles. The van der Waals surface area contributed by atoms with Crippen LogP contribution in [0.3, 0.4) is 0 Å². The van der Waals surface area contributed by atoms with Crippen LogP contribution in [0.15, 0.2) is 65.5 Å². The van der Waals surface area contributed by atoms with Crippen molar-refractivity contribution in [1.29, 1.82) is 0 Å². The van der Waals surface area contributed by atoms with Crippen molar-refractivity contribution in [1.82, 2.24) is 14.7 Å². The van der Waals surface area contributed by atoms with Crippen LogP contribution in [-0.4, -0.2) is 60.5 Å². The Hall–Kier alpha value is -3.81. The quantitative estimate of drug-likeness (QED) is 0.512. The van der Waals surface area contributed by atoms with Crippen LogP contribution in [0.2, 0.25) is 0 Å². The van der Waals surface area contributed by atoms with Gasteiger partial charge < -0.3 is 19.3 Å². The number of hydrogen-bond donors (Lipinski definition) is 0. The fourth-order valence-corrected chi connectivity index (χ4v) is 4.10. The van der Waals surface area contributed by atoms with Gasteiger partial charge in [0.05, 0.1) is 31.6 Å². The highest BCUT2D eigenvalue weighted by Crippen LogP contribution is 2.28. The molecule has 1 fully saturated rings. The molecule has 0 saturated carbocycles. The van der Waals surface area contributed by atoms with Gasteiger partial charge in [0.15, 0.2) is 0 Å². The number of anilines is 1. The fourth-order valence-electron chi connectivity index (χ4n) is 4.10. The van der Waals surface area contributed by atoms with Gasteiger partial charge in [0, 0.05) is 44.2 Å². The minimum atomic E-state index is -0.219. The summed E-state index contributed by atoms with van der Waals surface area (Å²) in [5.74, 6) is 1.65. The van der Waals surface area contributed by atoms with Crippen LogP contribution in [0.25, 0.3) is 11.3 Å². The van der Waals surface area contributed by atoms with E-state index < -0.39 is 0 Å². The molecule has 0 bridgehead atoms. The van der Waals surface area contributed by atoms with Gasteiger partial charge >= 0.3 is 0 Å². The number of rotatable bonds is 8. The molecule has 8 nitrogen and oxygen atoms in total. The molecule has 2 aromatic carbocycles. The van der Waals surface area contributed by atoms with Gasteiger partial charge in [-0.25, -0.2) is 4.68 Å². The van der Waals surface area contributed by atoms with Gasteiger partial charge in [-0.3, -0.25) is 9.59 Å². The number of ether oxygens (including phenoxy) is 2. The maximum atomic E-state index is 12.8. The number of nitrogens with zero attached hydrogens (tertiary/aromatic N) is 4. The summed E-state index contributed by atoms with van der Waals surface area (Å²) < 4.78 is 12.3. The molecule has 1 saturated heterocycles. The average Bonchev–Trinajstić information content (AvgIpc) is 2.89. The lowest BCUT2D eigenvalue weighted by molar-refractivity contribution is -0.131. The van der Waals surface area contributed by atoms with E-state index in [1.54, 1.807) is 13.2 Å². The van der Waals surface area contributed by atoms with Crippen LogP contribution < -0.4 is 19.9 Å². The standard InChI is InChI=1S/C26H30N4O4/c1-3-34-21-10-8-20(9-11-21)22-12-13-26(32)30(27-22)15-14-25(31)29-18-16-28(17-19-29)23-6-4-5-7-24(23)33-2/h4-13H,3,14-19H2,1-2H3. The molecule has 0 aliphatic carbocycles. The molecule has 34 heavy (non-hydrogen) atoms. The predicted molar refractivity (Wildman–Crippen MR) is 132 cm³/mol. The summed E-state index contributed by atoms with van der Waals surface area (Å²) in [4.78, 5) is 29.2.